The summed E-state index contributed by atoms with van der Waals surface area (Å²) in [4.78, 5) is 1.89. The highest BCUT2D eigenvalue weighted by atomic mass is 19.1. The van der Waals surface area contributed by atoms with E-state index in [0.717, 1.165) is 0 Å². The van der Waals surface area contributed by atoms with E-state index in [1.54, 1.807) is 12.1 Å². The number of para-hydroxylation sites is 1. The van der Waals surface area contributed by atoms with Crippen LogP contribution < -0.4 is 4.90 Å². The number of hydrogen-bond acceptors (Lipinski definition) is 2. The fourth-order valence-corrected chi connectivity index (χ4v) is 1.73. The van der Waals surface area contributed by atoms with Crippen molar-refractivity contribution in [3.63, 3.8) is 0 Å². The molecule has 3 heteroatoms. The van der Waals surface area contributed by atoms with Gasteiger partial charge in [-0.2, -0.15) is 0 Å². The van der Waals surface area contributed by atoms with Gasteiger partial charge in [0.15, 0.2) is 0 Å². The molecule has 2 nitrogen and oxygen atoms in total. The molecule has 0 aliphatic heterocycles. The number of aliphatic hydroxyl groups is 1. The average Bonchev–Trinajstić information content (AvgIpc) is 2.26. The van der Waals surface area contributed by atoms with Gasteiger partial charge >= 0.3 is 0 Å². The second-order valence-electron chi connectivity index (χ2n) is 4.50. The number of benzene rings is 1. The predicted octanol–water partition coefficient (Wildman–Crippen LogP) is 2.80. The quantitative estimate of drug-likeness (QED) is 0.851. The Morgan fingerprint density at radius 2 is 1.94 bits per heavy atom. The lowest BCUT2D eigenvalue weighted by Gasteiger charge is -2.31. The smallest absolute Gasteiger partial charge is 0.146 e. The summed E-state index contributed by atoms with van der Waals surface area (Å²) in [6.45, 7) is 6.11. The van der Waals surface area contributed by atoms with E-state index in [0.29, 0.717) is 17.2 Å². The number of rotatable bonds is 4. The monoisotopic (exact) mass is 225 g/mol. The number of halogens is 1. The Morgan fingerprint density at radius 3 is 2.44 bits per heavy atom. The molecule has 1 rings (SSSR count). The van der Waals surface area contributed by atoms with Crippen LogP contribution in [0.1, 0.15) is 26.3 Å². The van der Waals surface area contributed by atoms with Gasteiger partial charge in [0.1, 0.15) is 5.82 Å². The fraction of sp³-hybridized carbons (Fsp3) is 0.538. The number of hydrogen-bond donors (Lipinski definition) is 1. The standard InChI is InChI=1S/C13H20FNO/c1-9(2)10(3)15(4)13-11(8-16)6-5-7-12(13)14/h5-7,9-10,16H,8H2,1-4H3. The van der Waals surface area contributed by atoms with E-state index in [-0.39, 0.29) is 18.5 Å². The highest BCUT2D eigenvalue weighted by Gasteiger charge is 2.19. The summed E-state index contributed by atoms with van der Waals surface area (Å²) >= 11 is 0. The molecule has 0 aliphatic rings. The van der Waals surface area contributed by atoms with E-state index in [9.17, 15) is 9.50 Å². The van der Waals surface area contributed by atoms with Crippen molar-refractivity contribution < 1.29 is 9.50 Å². The van der Waals surface area contributed by atoms with Crippen LogP contribution >= 0.6 is 0 Å². The summed E-state index contributed by atoms with van der Waals surface area (Å²) in [7, 11) is 1.86. The summed E-state index contributed by atoms with van der Waals surface area (Å²) in [6, 6.07) is 5.03. The van der Waals surface area contributed by atoms with E-state index < -0.39 is 0 Å². The van der Waals surface area contributed by atoms with Gasteiger partial charge in [-0.25, -0.2) is 4.39 Å². The Labute approximate surface area is 96.7 Å². The molecule has 0 saturated heterocycles. The molecule has 0 aliphatic carbocycles. The molecule has 0 saturated carbocycles. The largest absolute Gasteiger partial charge is 0.392 e. The Balaban J connectivity index is 3.11. The molecule has 1 N–H and O–H groups in total. The first-order valence-corrected chi connectivity index (χ1v) is 5.60. The third kappa shape index (κ3) is 2.53. The molecule has 90 valence electrons. The maximum absolute atomic E-state index is 13.8. The molecule has 0 spiro atoms. The highest BCUT2D eigenvalue weighted by Crippen LogP contribution is 2.26. The van der Waals surface area contributed by atoms with Crippen LogP contribution in [0.5, 0.6) is 0 Å². The minimum atomic E-state index is -0.276. The van der Waals surface area contributed by atoms with Gasteiger partial charge in [0, 0.05) is 18.7 Å². The van der Waals surface area contributed by atoms with Crippen LogP contribution in [0.4, 0.5) is 10.1 Å². The topological polar surface area (TPSA) is 23.5 Å². The van der Waals surface area contributed by atoms with Crippen LogP contribution in [0, 0.1) is 11.7 Å². The molecule has 0 heterocycles. The lowest BCUT2D eigenvalue weighted by atomic mass is 10.0. The van der Waals surface area contributed by atoms with Crippen molar-refractivity contribution in [2.45, 2.75) is 33.4 Å². The van der Waals surface area contributed by atoms with Crippen LogP contribution in [-0.4, -0.2) is 18.2 Å². The van der Waals surface area contributed by atoms with Gasteiger partial charge in [0.2, 0.25) is 0 Å². The summed E-state index contributed by atoms with van der Waals surface area (Å²) in [6.07, 6.45) is 0. The number of aliphatic hydroxyl groups excluding tert-OH is 1. The van der Waals surface area contributed by atoms with E-state index in [1.807, 2.05) is 11.9 Å². The molecular formula is C13H20FNO. The maximum Gasteiger partial charge on any atom is 0.146 e. The van der Waals surface area contributed by atoms with Crippen LogP contribution in [-0.2, 0) is 6.61 Å². The van der Waals surface area contributed by atoms with Crippen molar-refractivity contribution in [3.8, 4) is 0 Å². The van der Waals surface area contributed by atoms with E-state index in [4.69, 9.17) is 0 Å². The first kappa shape index (κ1) is 13.0. The first-order chi connectivity index (χ1) is 7.49. The fourth-order valence-electron chi connectivity index (χ4n) is 1.73. The molecule has 0 fully saturated rings. The molecule has 1 aromatic carbocycles. The van der Waals surface area contributed by atoms with Crippen molar-refractivity contribution in [2.75, 3.05) is 11.9 Å². The van der Waals surface area contributed by atoms with Gasteiger partial charge in [-0.05, 0) is 18.9 Å². The van der Waals surface area contributed by atoms with Gasteiger partial charge < -0.3 is 10.0 Å². The Morgan fingerprint density at radius 1 is 1.31 bits per heavy atom. The zero-order chi connectivity index (χ0) is 12.3. The molecule has 0 radical (unpaired) electrons. The second-order valence-corrected chi connectivity index (χ2v) is 4.50. The normalized spacial score (nSPS) is 12.9. The molecule has 0 aromatic heterocycles. The summed E-state index contributed by atoms with van der Waals surface area (Å²) in [5.41, 5.74) is 1.14. The lowest BCUT2D eigenvalue weighted by molar-refractivity contribution is 0.281. The van der Waals surface area contributed by atoms with Crippen LogP contribution in [0.2, 0.25) is 0 Å². The van der Waals surface area contributed by atoms with E-state index >= 15 is 0 Å². The Hall–Kier alpha value is -1.09. The summed E-state index contributed by atoms with van der Waals surface area (Å²) in [5, 5.41) is 9.22. The van der Waals surface area contributed by atoms with E-state index in [1.165, 1.54) is 6.07 Å². The lowest BCUT2D eigenvalue weighted by Crippen LogP contribution is -2.34. The zero-order valence-electron chi connectivity index (χ0n) is 10.4. The number of anilines is 1. The number of nitrogens with zero attached hydrogens (tertiary/aromatic N) is 1. The molecule has 1 aromatic rings. The van der Waals surface area contributed by atoms with Crippen molar-refractivity contribution in [1.82, 2.24) is 0 Å². The van der Waals surface area contributed by atoms with Gasteiger partial charge in [0.25, 0.3) is 0 Å². The summed E-state index contributed by atoms with van der Waals surface area (Å²) < 4.78 is 13.8. The maximum atomic E-state index is 13.8. The first-order valence-electron chi connectivity index (χ1n) is 5.60. The molecule has 1 atom stereocenters. The van der Waals surface area contributed by atoms with Crippen LogP contribution in [0.25, 0.3) is 0 Å². The van der Waals surface area contributed by atoms with E-state index in [2.05, 4.69) is 20.8 Å². The molecule has 16 heavy (non-hydrogen) atoms. The second kappa shape index (κ2) is 5.30. The Kier molecular flexibility index (Phi) is 4.30. The van der Waals surface area contributed by atoms with Gasteiger partial charge in [0.05, 0.1) is 12.3 Å². The zero-order valence-corrected chi connectivity index (χ0v) is 10.4. The van der Waals surface area contributed by atoms with Crippen molar-refractivity contribution in [3.05, 3.63) is 29.6 Å². The van der Waals surface area contributed by atoms with Crippen molar-refractivity contribution in [2.24, 2.45) is 5.92 Å². The van der Waals surface area contributed by atoms with Gasteiger partial charge in [-0.1, -0.05) is 26.0 Å². The van der Waals surface area contributed by atoms with Gasteiger partial charge in [-0.3, -0.25) is 0 Å². The van der Waals surface area contributed by atoms with Crippen molar-refractivity contribution in [1.29, 1.82) is 0 Å². The molecule has 0 bridgehead atoms. The van der Waals surface area contributed by atoms with Crippen molar-refractivity contribution >= 4 is 5.69 Å². The van der Waals surface area contributed by atoms with Gasteiger partial charge in [-0.15, -0.1) is 0 Å². The minimum absolute atomic E-state index is 0.137. The predicted molar refractivity (Wildman–Crippen MR) is 65.0 cm³/mol. The Bertz CT molecular complexity index is 352. The van der Waals surface area contributed by atoms with Crippen LogP contribution in [0.3, 0.4) is 0 Å². The highest BCUT2D eigenvalue weighted by molar-refractivity contribution is 5.54. The third-order valence-electron chi connectivity index (χ3n) is 3.17. The third-order valence-corrected chi connectivity index (χ3v) is 3.17. The average molecular weight is 225 g/mol. The molecular weight excluding hydrogens is 205 g/mol. The molecule has 1 unspecified atom stereocenters. The molecule has 0 amide bonds. The SMILES string of the molecule is CC(C)C(C)N(C)c1c(F)cccc1CO. The van der Waals surface area contributed by atoms with Crippen LogP contribution in [0.15, 0.2) is 18.2 Å². The summed E-state index contributed by atoms with van der Waals surface area (Å²) in [5.74, 6) is 0.151. The minimum Gasteiger partial charge on any atom is -0.392 e.